The van der Waals surface area contributed by atoms with Gasteiger partial charge in [0.25, 0.3) is 0 Å². The second kappa shape index (κ2) is 8.74. The minimum Gasteiger partial charge on any atom is -0.459 e. The van der Waals surface area contributed by atoms with Crippen molar-refractivity contribution in [3.05, 3.63) is 0 Å². The summed E-state index contributed by atoms with van der Waals surface area (Å²) in [6.07, 6.45) is 5.09. The molecule has 2 atom stereocenters. The smallest absolute Gasteiger partial charge is 0.376 e. The van der Waals surface area contributed by atoms with Gasteiger partial charge in [-0.2, -0.15) is 8.78 Å². The first-order chi connectivity index (χ1) is 15.3. The van der Waals surface area contributed by atoms with E-state index in [1.54, 1.807) is 13.8 Å². The molecule has 4 aliphatic carbocycles. The first-order valence-electron chi connectivity index (χ1n) is 12.4. The third-order valence-corrected chi connectivity index (χ3v) is 8.19. The van der Waals surface area contributed by atoms with Crippen LogP contribution in [-0.2, 0) is 28.5 Å². The largest absolute Gasteiger partial charge is 0.459 e. The summed E-state index contributed by atoms with van der Waals surface area (Å²) in [4.78, 5) is 24.6. The fourth-order valence-electron chi connectivity index (χ4n) is 7.32. The van der Waals surface area contributed by atoms with Crippen molar-refractivity contribution in [1.82, 2.24) is 0 Å². The van der Waals surface area contributed by atoms with Crippen LogP contribution in [0.25, 0.3) is 0 Å². The van der Waals surface area contributed by atoms with E-state index in [1.807, 2.05) is 0 Å². The van der Waals surface area contributed by atoms with Gasteiger partial charge in [-0.1, -0.05) is 13.8 Å². The van der Waals surface area contributed by atoms with Gasteiger partial charge in [-0.3, -0.25) is 4.79 Å². The molecule has 0 aromatic rings. The minimum atomic E-state index is -3.56. The average Bonchev–Trinajstić information content (AvgIpc) is 2.66. The number of esters is 2. The van der Waals surface area contributed by atoms with Gasteiger partial charge >= 0.3 is 17.9 Å². The Morgan fingerprint density at radius 1 is 0.970 bits per heavy atom. The van der Waals surface area contributed by atoms with Crippen LogP contribution < -0.4 is 0 Å². The maximum Gasteiger partial charge on any atom is 0.376 e. The zero-order chi connectivity index (χ0) is 24.2. The zero-order valence-corrected chi connectivity index (χ0v) is 20.4. The van der Waals surface area contributed by atoms with Crippen LogP contribution >= 0.6 is 0 Å². The number of carbonyl (C=O) groups excluding carboxylic acids is 2. The molecule has 4 bridgehead atoms. The second-order valence-electron chi connectivity index (χ2n) is 11.6. The number of carbonyl (C=O) groups is 2. The molecule has 5 aliphatic rings. The summed E-state index contributed by atoms with van der Waals surface area (Å²) in [7, 11) is 0. The lowest BCUT2D eigenvalue weighted by atomic mass is 9.47. The lowest BCUT2D eigenvalue weighted by Crippen LogP contribution is -2.62. The van der Waals surface area contributed by atoms with Gasteiger partial charge in [0.2, 0.25) is 0 Å². The van der Waals surface area contributed by atoms with Crippen molar-refractivity contribution in [1.29, 1.82) is 0 Å². The monoisotopic (exact) mass is 472 g/mol. The molecule has 4 saturated carbocycles. The summed E-state index contributed by atoms with van der Waals surface area (Å²) in [6.45, 7) is 7.90. The number of halogens is 2. The van der Waals surface area contributed by atoms with E-state index >= 15 is 0 Å². The predicted molar refractivity (Wildman–Crippen MR) is 115 cm³/mol. The van der Waals surface area contributed by atoms with E-state index in [0.717, 1.165) is 37.5 Å². The summed E-state index contributed by atoms with van der Waals surface area (Å²) < 4.78 is 49.0. The Balaban J connectivity index is 1.39. The van der Waals surface area contributed by atoms with Gasteiger partial charge in [0.05, 0.1) is 18.6 Å². The second-order valence-corrected chi connectivity index (χ2v) is 11.6. The van der Waals surface area contributed by atoms with Crippen molar-refractivity contribution in [2.45, 2.75) is 109 Å². The maximum atomic E-state index is 13.2. The molecule has 0 aromatic heterocycles. The van der Waals surface area contributed by atoms with Gasteiger partial charge in [-0.25, -0.2) is 4.79 Å². The molecule has 0 amide bonds. The van der Waals surface area contributed by atoms with Gasteiger partial charge in [-0.15, -0.1) is 0 Å². The van der Waals surface area contributed by atoms with Crippen LogP contribution in [0, 0.1) is 29.6 Å². The molecule has 1 heterocycles. The van der Waals surface area contributed by atoms with E-state index in [1.165, 1.54) is 6.42 Å². The Morgan fingerprint density at radius 2 is 1.52 bits per heavy atom. The van der Waals surface area contributed by atoms with Crippen LogP contribution in [0.1, 0.15) is 79.6 Å². The quantitative estimate of drug-likeness (QED) is 0.492. The Bertz CT molecular complexity index is 730. The molecule has 0 aromatic carbocycles. The van der Waals surface area contributed by atoms with E-state index in [0.29, 0.717) is 18.8 Å². The number of alkyl halides is 2. The van der Waals surface area contributed by atoms with Gasteiger partial charge in [0, 0.05) is 13.3 Å². The van der Waals surface area contributed by atoms with E-state index in [2.05, 4.69) is 13.8 Å². The first-order valence-corrected chi connectivity index (χ1v) is 12.4. The van der Waals surface area contributed by atoms with Gasteiger partial charge in [0.1, 0.15) is 12.2 Å². The third kappa shape index (κ3) is 5.07. The Hall–Kier alpha value is -1.28. The minimum absolute atomic E-state index is 0.0575. The van der Waals surface area contributed by atoms with E-state index < -0.39 is 35.5 Å². The van der Waals surface area contributed by atoms with Crippen LogP contribution in [0.2, 0.25) is 0 Å². The summed E-state index contributed by atoms with van der Waals surface area (Å²) in [5.74, 6) is -3.83. The lowest BCUT2D eigenvalue weighted by Gasteiger charge is -2.62. The van der Waals surface area contributed by atoms with Crippen molar-refractivity contribution in [3.63, 3.8) is 0 Å². The Labute approximate surface area is 195 Å². The Kier molecular flexibility index (Phi) is 6.58. The van der Waals surface area contributed by atoms with E-state index in [-0.39, 0.29) is 31.3 Å². The number of ether oxygens (including phenoxy) is 4. The highest BCUT2D eigenvalue weighted by Gasteiger charge is 2.61. The molecule has 5 rings (SSSR count). The normalized spacial score (nSPS) is 39.5. The van der Waals surface area contributed by atoms with Gasteiger partial charge in [-0.05, 0) is 75.5 Å². The molecule has 1 saturated heterocycles. The summed E-state index contributed by atoms with van der Waals surface area (Å²) in [5, 5.41) is 0. The van der Waals surface area contributed by atoms with Crippen molar-refractivity contribution < 1.29 is 37.3 Å². The van der Waals surface area contributed by atoms with Crippen LogP contribution in [0.4, 0.5) is 8.78 Å². The number of rotatable bonds is 7. The summed E-state index contributed by atoms with van der Waals surface area (Å²) in [5.41, 5.74) is -0.410. The van der Waals surface area contributed by atoms with Gasteiger partial charge in [0.15, 0.2) is 5.79 Å². The first kappa shape index (κ1) is 24.8. The molecule has 0 radical (unpaired) electrons. The molecular weight excluding hydrogens is 434 g/mol. The topological polar surface area (TPSA) is 71.1 Å². The molecule has 2 unspecified atom stereocenters. The Morgan fingerprint density at radius 3 is 2.03 bits per heavy atom. The molecule has 0 spiro atoms. The number of hydrogen-bond acceptors (Lipinski definition) is 6. The highest BCUT2D eigenvalue weighted by molar-refractivity contribution is 5.76. The maximum absolute atomic E-state index is 13.2. The van der Waals surface area contributed by atoms with Crippen molar-refractivity contribution >= 4 is 11.9 Å². The molecule has 33 heavy (non-hydrogen) atoms. The van der Waals surface area contributed by atoms with E-state index in [4.69, 9.17) is 18.9 Å². The molecular formula is C25H38F2O6. The standard InChI is InChI=1S/C25H38F2O6/c1-14(2)25(17-7-15-6-16(9-17)10-18(25)8-15)33-21(28)12-19-11-20(32-23(3,4)31-19)13-30-22(29)24(5,26)27/h14-20H,6-13H2,1-5H3. The fourth-order valence-corrected chi connectivity index (χ4v) is 7.32. The molecule has 8 heteroatoms. The van der Waals surface area contributed by atoms with Crippen molar-refractivity contribution in [3.8, 4) is 0 Å². The highest BCUT2D eigenvalue weighted by atomic mass is 19.3. The highest BCUT2D eigenvalue weighted by Crippen LogP contribution is 2.61. The van der Waals surface area contributed by atoms with Crippen LogP contribution in [0.3, 0.4) is 0 Å². The molecule has 188 valence electrons. The van der Waals surface area contributed by atoms with Crippen molar-refractivity contribution in [2.24, 2.45) is 29.6 Å². The molecule has 0 N–H and O–H groups in total. The SMILES string of the molecule is CC(C)C1(OC(=O)CC2CC(COC(=O)C(C)(F)F)OC(C)(C)O2)C2CC3CC(C2)CC1C3. The van der Waals surface area contributed by atoms with Crippen LogP contribution in [0.15, 0.2) is 0 Å². The zero-order valence-electron chi connectivity index (χ0n) is 20.4. The fraction of sp³-hybridized carbons (Fsp3) is 0.920. The molecule has 1 aliphatic heterocycles. The van der Waals surface area contributed by atoms with Crippen LogP contribution in [0.5, 0.6) is 0 Å². The van der Waals surface area contributed by atoms with Crippen molar-refractivity contribution in [2.75, 3.05) is 6.61 Å². The number of hydrogen-bond donors (Lipinski definition) is 0. The average molecular weight is 473 g/mol. The summed E-state index contributed by atoms with van der Waals surface area (Å²) >= 11 is 0. The third-order valence-electron chi connectivity index (χ3n) is 8.19. The summed E-state index contributed by atoms with van der Waals surface area (Å²) in [6, 6.07) is 0. The molecule has 5 fully saturated rings. The van der Waals surface area contributed by atoms with Gasteiger partial charge < -0.3 is 18.9 Å². The molecule has 6 nitrogen and oxygen atoms in total. The van der Waals surface area contributed by atoms with Crippen LogP contribution in [-0.4, -0.2) is 48.1 Å². The lowest BCUT2D eigenvalue weighted by molar-refractivity contribution is -0.306. The van der Waals surface area contributed by atoms with E-state index in [9.17, 15) is 18.4 Å². The predicted octanol–water partition coefficient (Wildman–Crippen LogP) is 4.88.